The number of Topliss-reactive ketones (excluding diaryl/α,β-unsaturated/α-hetero) is 1. The van der Waals surface area contributed by atoms with Crippen LogP contribution < -0.4 is 10.1 Å². The Kier molecular flexibility index (Phi) is 8.25. The topological polar surface area (TPSA) is 92.8 Å². The number of hydrogen-bond acceptors (Lipinski definition) is 6. The maximum atomic E-state index is 12.8. The molecule has 1 aliphatic heterocycles. The molecule has 37 heavy (non-hydrogen) atoms. The number of imide groups is 1. The summed E-state index contributed by atoms with van der Waals surface area (Å²) in [6.45, 7) is 3.51. The van der Waals surface area contributed by atoms with Gasteiger partial charge in [-0.25, -0.2) is 0 Å². The van der Waals surface area contributed by atoms with E-state index in [2.05, 4.69) is 21.2 Å². The second-order valence-corrected chi connectivity index (χ2v) is 10.3. The maximum absolute atomic E-state index is 12.8. The molecule has 1 N–H and O–H groups in total. The lowest BCUT2D eigenvalue weighted by Gasteiger charge is -2.11. The van der Waals surface area contributed by atoms with Crippen LogP contribution in [-0.2, 0) is 9.59 Å². The van der Waals surface area contributed by atoms with Crippen LogP contribution in [0.2, 0.25) is 0 Å². The molecule has 1 aliphatic rings. The summed E-state index contributed by atoms with van der Waals surface area (Å²) in [6, 6.07) is 19.2. The predicted octanol–water partition coefficient (Wildman–Crippen LogP) is 6.00. The maximum Gasteiger partial charge on any atom is 0.293 e. The van der Waals surface area contributed by atoms with Crippen LogP contribution in [0, 0.1) is 13.8 Å². The lowest BCUT2D eigenvalue weighted by molar-refractivity contribution is -0.122. The van der Waals surface area contributed by atoms with E-state index in [1.165, 1.54) is 0 Å². The molecule has 3 aromatic rings. The molecule has 0 radical (unpaired) electrons. The Balaban J connectivity index is 1.33. The number of carbonyl (C=O) groups excluding carboxylic acids is 4. The Hall–Kier alpha value is -3.69. The number of nitrogens with zero attached hydrogens (tertiary/aromatic N) is 1. The van der Waals surface area contributed by atoms with E-state index in [1.807, 2.05) is 32.0 Å². The number of nitrogens with one attached hydrogen (secondary N) is 1. The minimum atomic E-state index is -0.510. The quantitative estimate of drug-likeness (QED) is 0.260. The Labute approximate surface area is 227 Å². The van der Waals surface area contributed by atoms with Crippen molar-refractivity contribution in [3.05, 3.63) is 98.4 Å². The summed E-state index contributed by atoms with van der Waals surface area (Å²) in [6.07, 6.45) is 1.59. The lowest BCUT2D eigenvalue weighted by atomic mass is 10.1. The summed E-state index contributed by atoms with van der Waals surface area (Å²) in [5.74, 6) is -0.623. The van der Waals surface area contributed by atoms with Gasteiger partial charge in [0.1, 0.15) is 5.75 Å². The Morgan fingerprint density at radius 2 is 1.68 bits per heavy atom. The predicted molar refractivity (Wildman–Crippen MR) is 148 cm³/mol. The number of hydrogen-bond donors (Lipinski definition) is 1. The van der Waals surface area contributed by atoms with E-state index in [0.717, 1.165) is 32.3 Å². The molecule has 1 fully saturated rings. The number of anilines is 1. The first kappa shape index (κ1) is 26.4. The van der Waals surface area contributed by atoms with Crippen molar-refractivity contribution in [1.29, 1.82) is 0 Å². The first-order valence-corrected chi connectivity index (χ1v) is 12.9. The molecule has 188 valence electrons. The summed E-state index contributed by atoms with van der Waals surface area (Å²) in [5.41, 5.74) is 4.04. The molecule has 1 saturated heterocycles. The number of amides is 3. The summed E-state index contributed by atoms with van der Waals surface area (Å²) in [4.78, 5) is 51.1. The number of benzene rings is 3. The van der Waals surface area contributed by atoms with Gasteiger partial charge >= 0.3 is 0 Å². The Morgan fingerprint density at radius 1 is 0.973 bits per heavy atom. The van der Waals surface area contributed by atoms with Crippen molar-refractivity contribution < 1.29 is 23.9 Å². The average molecular weight is 579 g/mol. The molecule has 4 rings (SSSR count). The number of ketones is 1. The van der Waals surface area contributed by atoms with Crippen LogP contribution in [-0.4, -0.2) is 40.9 Å². The third-order valence-electron chi connectivity index (χ3n) is 5.68. The minimum Gasteiger partial charge on any atom is -0.484 e. The highest BCUT2D eigenvalue weighted by Gasteiger charge is 2.36. The van der Waals surface area contributed by atoms with Crippen LogP contribution in [0.5, 0.6) is 5.75 Å². The molecular formula is C28H23BrN2O5S. The van der Waals surface area contributed by atoms with E-state index in [0.29, 0.717) is 22.6 Å². The minimum absolute atomic E-state index is 0.155. The monoisotopic (exact) mass is 578 g/mol. The van der Waals surface area contributed by atoms with Crippen molar-refractivity contribution >= 4 is 62.3 Å². The van der Waals surface area contributed by atoms with Crippen molar-refractivity contribution in [2.24, 2.45) is 0 Å². The first-order valence-electron chi connectivity index (χ1n) is 11.3. The van der Waals surface area contributed by atoms with Crippen molar-refractivity contribution in [2.45, 2.75) is 13.8 Å². The number of thioether (sulfide) groups is 1. The normalized spacial score (nSPS) is 14.2. The van der Waals surface area contributed by atoms with Gasteiger partial charge in [-0.3, -0.25) is 24.1 Å². The van der Waals surface area contributed by atoms with Gasteiger partial charge in [0.2, 0.25) is 0 Å². The zero-order valence-electron chi connectivity index (χ0n) is 20.1. The van der Waals surface area contributed by atoms with Crippen LogP contribution in [0.1, 0.15) is 27.0 Å². The van der Waals surface area contributed by atoms with E-state index >= 15 is 0 Å². The smallest absolute Gasteiger partial charge is 0.293 e. The van der Waals surface area contributed by atoms with Crippen LogP contribution in [0.3, 0.4) is 0 Å². The Bertz CT molecular complexity index is 1400. The zero-order valence-corrected chi connectivity index (χ0v) is 22.5. The van der Waals surface area contributed by atoms with E-state index in [1.54, 1.807) is 54.6 Å². The number of aryl methyl sites for hydroxylation is 2. The molecule has 0 atom stereocenters. The van der Waals surface area contributed by atoms with Crippen LogP contribution in [0.25, 0.3) is 6.08 Å². The molecule has 0 saturated carbocycles. The highest BCUT2D eigenvalue weighted by Crippen LogP contribution is 2.32. The second-order valence-electron chi connectivity index (χ2n) is 8.40. The number of rotatable bonds is 8. The third-order valence-corrected chi connectivity index (χ3v) is 7.12. The van der Waals surface area contributed by atoms with E-state index in [9.17, 15) is 19.2 Å². The highest BCUT2D eigenvalue weighted by molar-refractivity contribution is 9.10. The van der Waals surface area contributed by atoms with Gasteiger partial charge in [-0.05, 0) is 84.8 Å². The summed E-state index contributed by atoms with van der Waals surface area (Å²) < 4.78 is 6.39. The van der Waals surface area contributed by atoms with Gasteiger partial charge in [0.25, 0.3) is 17.1 Å². The van der Waals surface area contributed by atoms with Gasteiger partial charge in [-0.1, -0.05) is 46.3 Å². The van der Waals surface area contributed by atoms with Gasteiger partial charge in [0.05, 0.1) is 11.4 Å². The molecule has 1 heterocycles. The molecule has 9 heteroatoms. The van der Waals surface area contributed by atoms with Crippen LogP contribution >= 0.6 is 27.7 Å². The third kappa shape index (κ3) is 6.75. The van der Waals surface area contributed by atoms with Crippen molar-refractivity contribution in [2.75, 3.05) is 18.5 Å². The molecule has 0 spiro atoms. The lowest BCUT2D eigenvalue weighted by Crippen LogP contribution is -2.33. The molecule has 3 aromatic carbocycles. The van der Waals surface area contributed by atoms with Crippen LogP contribution in [0.4, 0.5) is 10.5 Å². The van der Waals surface area contributed by atoms with E-state index in [4.69, 9.17) is 4.74 Å². The van der Waals surface area contributed by atoms with Crippen molar-refractivity contribution in [3.63, 3.8) is 0 Å². The zero-order chi connectivity index (χ0) is 26.5. The fourth-order valence-corrected chi connectivity index (χ4v) is 4.59. The number of carbonyl (C=O) groups is 4. The number of ether oxygens (including phenoxy) is 1. The van der Waals surface area contributed by atoms with E-state index in [-0.39, 0.29) is 29.7 Å². The first-order chi connectivity index (χ1) is 17.7. The largest absolute Gasteiger partial charge is 0.484 e. The average Bonchev–Trinajstić information content (AvgIpc) is 3.13. The van der Waals surface area contributed by atoms with Gasteiger partial charge in [0.15, 0.2) is 12.4 Å². The van der Waals surface area contributed by atoms with Gasteiger partial charge < -0.3 is 10.1 Å². The Morgan fingerprint density at radius 3 is 2.35 bits per heavy atom. The molecular weight excluding hydrogens is 556 g/mol. The molecule has 0 bridgehead atoms. The van der Waals surface area contributed by atoms with Gasteiger partial charge in [0, 0.05) is 15.7 Å². The van der Waals surface area contributed by atoms with Gasteiger partial charge in [-0.15, -0.1) is 0 Å². The van der Waals surface area contributed by atoms with Crippen molar-refractivity contribution in [3.8, 4) is 5.75 Å². The van der Waals surface area contributed by atoms with E-state index < -0.39 is 11.1 Å². The fourth-order valence-electron chi connectivity index (χ4n) is 3.48. The molecule has 0 aliphatic carbocycles. The summed E-state index contributed by atoms with van der Waals surface area (Å²) in [7, 11) is 0. The highest BCUT2D eigenvalue weighted by atomic mass is 79.9. The molecule has 0 aromatic heterocycles. The number of halogens is 1. The van der Waals surface area contributed by atoms with Crippen molar-refractivity contribution in [1.82, 2.24) is 4.90 Å². The molecule has 3 amide bonds. The SMILES string of the molecule is Cc1ccc(NC(=O)COc2ccc(/C=C3\SC(=O)N(CC(=O)c4ccc(Br)cc4)C3=O)cc2)cc1C. The molecule has 0 unspecified atom stereocenters. The standard InChI is InChI=1S/C28H23BrN2O5S/c1-17-3-10-22(13-18(17)2)30-26(33)16-36-23-11-4-19(5-12-23)14-25-27(34)31(28(35)37-25)15-24(32)20-6-8-21(29)9-7-20/h3-14H,15-16H2,1-2H3,(H,30,33)/b25-14-. The second kappa shape index (κ2) is 11.6. The van der Waals surface area contributed by atoms with Crippen LogP contribution in [0.15, 0.2) is 76.1 Å². The summed E-state index contributed by atoms with van der Waals surface area (Å²) >= 11 is 4.10. The molecule has 7 nitrogen and oxygen atoms in total. The van der Waals surface area contributed by atoms with Gasteiger partial charge in [-0.2, -0.15) is 0 Å². The fraction of sp³-hybridized carbons (Fsp3) is 0.143. The summed E-state index contributed by atoms with van der Waals surface area (Å²) in [5, 5.41) is 2.31.